The molecule has 1 aromatic rings. The van der Waals surface area contributed by atoms with E-state index in [1.54, 1.807) is 6.07 Å². The second-order valence-electron chi connectivity index (χ2n) is 6.16. The summed E-state index contributed by atoms with van der Waals surface area (Å²) in [6, 6.07) is 1.88. The van der Waals surface area contributed by atoms with Gasteiger partial charge in [0, 0.05) is 17.9 Å². The Balaban J connectivity index is 2.15. The standard InChI is InChI=1S/C14H19ClN2O/c1-8-6-10(15)9(7-16-8)11(18)17-12-13(2,3)14(12,4)5/h6-7,12H,1-5H3,(H,17,18). The summed E-state index contributed by atoms with van der Waals surface area (Å²) in [5.74, 6) is -0.142. The Morgan fingerprint density at radius 1 is 1.33 bits per heavy atom. The molecule has 98 valence electrons. The van der Waals surface area contributed by atoms with Crippen LogP contribution in [0.1, 0.15) is 43.7 Å². The van der Waals surface area contributed by atoms with Gasteiger partial charge in [0.1, 0.15) is 0 Å². The molecule has 1 aliphatic carbocycles. The van der Waals surface area contributed by atoms with E-state index in [0.29, 0.717) is 10.6 Å². The molecule has 3 nitrogen and oxygen atoms in total. The van der Waals surface area contributed by atoms with Crippen molar-refractivity contribution in [2.75, 3.05) is 0 Å². The number of rotatable bonds is 2. The number of nitrogens with zero attached hydrogens (tertiary/aromatic N) is 1. The number of hydrogen-bond acceptors (Lipinski definition) is 2. The number of carbonyl (C=O) groups excluding carboxylic acids is 1. The Labute approximate surface area is 113 Å². The Morgan fingerprint density at radius 3 is 2.33 bits per heavy atom. The molecule has 0 spiro atoms. The minimum atomic E-state index is -0.142. The number of nitrogens with one attached hydrogen (secondary N) is 1. The average molecular weight is 267 g/mol. The van der Waals surface area contributed by atoms with Gasteiger partial charge in [-0.15, -0.1) is 0 Å². The van der Waals surface area contributed by atoms with Crippen LogP contribution in [0.15, 0.2) is 12.3 Å². The first kappa shape index (κ1) is 13.3. The van der Waals surface area contributed by atoms with E-state index in [1.165, 1.54) is 6.20 Å². The van der Waals surface area contributed by atoms with Crippen LogP contribution in [-0.4, -0.2) is 16.9 Å². The predicted octanol–water partition coefficient (Wildman–Crippen LogP) is 3.21. The van der Waals surface area contributed by atoms with Crippen molar-refractivity contribution in [1.29, 1.82) is 0 Å². The fourth-order valence-corrected chi connectivity index (χ4v) is 2.75. The molecule has 0 aliphatic heterocycles. The topological polar surface area (TPSA) is 42.0 Å². The lowest BCUT2D eigenvalue weighted by Crippen LogP contribution is -2.30. The molecule has 1 aliphatic rings. The summed E-state index contributed by atoms with van der Waals surface area (Å²) < 4.78 is 0. The number of pyridine rings is 1. The molecule has 0 bridgehead atoms. The zero-order valence-electron chi connectivity index (χ0n) is 11.5. The minimum absolute atomic E-state index is 0.118. The van der Waals surface area contributed by atoms with E-state index in [0.717, 1.165) is 5.69 Å². The van der Waals surface area contributed by atoms with E-state index in [-0.39, 0.29) is 22.8 Å². The smallest absolute Gasteiger partial charge is 0.254 e. The highest BCUT2D eigenvalue weighted by atomic mass is 35.5. The molecule has 18 heavy (non-hydrogen) atoms. The fraction of sp³-hybridized carbons (Fsp3) is 0.571. The Kier molecular flexibility index (Phi) is 2.93. The summed E-state index contributed by atoms with van der Waals surface area (Å²) in [5.41, 5.74) is 1.49. The SMILES string of the molecule is Cc1cc(Cl)c(C(=O)NC2C(C)(C)C2(C)C)cn1. The maximum atomic E-state index is 12.2. The van der Waals surface area contributed by atoms with Crippen LogP contribution in [0.5, 0.6) is 0 Å². The normalized spacial score (nSPS) is 20.6. The summed E-state index contributed by atoms with van der Waals surface area (Å²) in [5, 5.41) is 3.50. The zero-order chi connectivity index (χ0) is 13.7. The first-order valence-corrected chi connectivity index (χ1v) is 6.48. The van der Waals surface area contributed by atoms with Crippen LogP contribution >= 0.6 is 11.6 Å². The number of aromatic nitrogens is 1. The average Bonchev–Trinajstić information content (AvgIpc) is 2.60. The molecule has 0 unspecified atom stereocenters. The maximum Gasteiger partial charge on any atom is 0.254 e. The molecule has 4 heteroatoms. The van der Waals surface area contributed by atoms with E-state index >= 15 is 0 Å². The molecule has 2 rings (SSSR count). The van der Waals surface area contributed by atoms with Gasteiger partial charge in [-0.25, -0.2) is 0 Å². The van der Waals surface area contributed by atoms with Crippen LogP contribution in [0.4, 0.5) is 0 Å². The van der Waals surface area contributed by atoms with Crippen molar-refractivity contribution in [2.24, 2.45) is 10.8 Å². The minimum Gasteiger partial charge on any atom is -0.348 e. The highest BCUT2D eigenvalue weighted by Crippen LogP contribution is 2.62. The highest BCUT2D eigenvalue weighted by Gasteiger charge is 2.65. The van der Waals surface area contributed by atoms with E-state index in [1.807, 2.05) is 6.92 Å². The quantitative estimate of drug-likeness (QED) is 0.893. The van der Waals surface area contributed by atoms with Crippen molar-refractivity contribution in [2.45, 2.75) is 40.7 Å². The number of carbonyl (C=O) groups is 1. The monoisotopic (exact) mass is 266 g/mol. The van der Waals surface area contributed by atoms with E-state index < -0.39 is 0 Å². The third kappa shape index (κ3) is 1.91. The third-order valence-electron chi connectivity index (χ3n) is 4.53. The van der Waals surface area contributed by atoms with Gasteiger partial charge in [-0.05, 0) is 23.8 Å². The number of aryl methyl sites for hydroxylation is 1. The molecule has 0 radical (unpaired) electrons. The lowest BCUT2D eigenvalue weighted by Gasteiger charge is -2.08. The van der Waals surface area contributed by atoms with Gasteiger partial charge in [-0.1, -0.05) is 39.3 Å². The summed E-state index contributed by atoms with van der Waals surface area (Å²) >= 11 is 6.07. The molecule has 1 aromatic heterocycles. The van der Waals surface area contributed by atoms with Crippen LogP contribution in [0, 0.1) is 17.8 Å². The second kappa shape index (κ2) is 3.95. The molecule has 0 atom stereocenters. The van der Waals surface area contributed by atoms with Crippen molar-refractivity contribution in [3.63, 3.8) is 0 Å². The van der Waals surface area contributed by atoms with Crippen LogP contribution in [-0.2, 0) is 0 Å². The van der Waals surface area contributed by atoms with E-state index in [9.17, 15) is 4.79 Å². The van der Waals surface area contributed by atoms with Crippen LogP contribution in [0.25, 0.3) is 0 Å². The molecule has 1 heterocycles. The highest BCUT2D eigenvalue weighted by molar-refractivity contribution is 6.33. The molecular formula is C14H19ClN2O. The number of amides is 1. The largest absolute Gasteiger partial charge is 0.348 e. The van der Waals surface area contributed by atoms with E-state index in [4.69, 9.17) is 11.6 Å². The fourth-order valence-electron chi connectivity index (χ4n) is 2.46. The molecule has 0 saturated heterocycles. The van der Waals surface area contributed by atoms with Gasteiger partial charge in [-0.2, -0.15) is 0 Å². The maximum absolute atomic E-state index is 12.2. The Morgan fingerprint density at radius 2 is 1.89 bits per heavy atom. The van der Waals surface area contributed by atoms with Crippen molar-refractivity contribution in [3.8, 4) is 0 Å². The second-order valence-corrected chi connectivity index (χ2v) is 6.56. The van der Waals surface area contributed by atoms with E-state index in [2.05, 4.69) is 38.0 Å². The zero-order valence-corrected chi connectivity index (χ0v) is 12.2. The van der Waals surface area contributed by atoms with Crippen LogP contribution in [0.2, 0.25) is 5.02 Å². The van der Waals surface area contributed by atoms with Gasteiger partial charge < -0.3 is 5.32 Å². The van der Waals surface area contributed by atoms with Crippen molar-refractivity contribution >= 4 is 17.5 Å². The van der Waals surface area contributed by atoms with Crippen molar-refractivity contribution < 1.29 is 4.79 Å². The first-order valence-electron chi connectivity index (χ1n) is 6.11. The molecule has 1 saturated carbocycles. The van der Waals surface area contributed by atoms with Gasteiger partial charge in [-0.3, -0.25) is 9.78 Å². The Hall–Kier alpha value is -1.09. The molecule has 1 amide bonds. The summed E-state index contributed by atoms with van der Waals surface area (Å²) in [6.07, 6.45) is 1.54. The van der Waals surface area contributed by atoms with Gasteiger partial charge in [0.2, 0.25) is 0 Å². The predicted molar refractivity (Wildman–Crippen MR) is 72.8 cm³/mol. The van der Waals surface area contributed by atoms with Crippen molar-refractivity contribution in [3.05, 3.63) is 28.5 Å². The van der Waals surface area contributed by atoms with Gasteiger partial charge in [0.15, 0.2) is 0 Å². The molecule has 1 fully saturated rings. The lowest BCUT2D eigenvalue weighted by molar-refractivity contribution is 0.0943. The Bertz CT molecular complexity index is 495. The third-order valence-corrected chi connectivity index (χ3v) is 4.84. The van der Waals surface area contributed by atoms with Gasteiger partial charge in [0.25, 0.3) is 5.91 Å². The number of hydrogen-bond donors (Lipinski definition) is 1. The molecule has 1 N–H and O–H groups in total. The summed E-state index contributed by atoms with van der Waals surface area (Å²) in [7, 11) is 0. The van der Waals surface area contributed by atoms with Gasteiger partial charge >= 0.3 is 0 Å². The molecular weight excluding hydrogens is 248 g/mol. The van der Waals surface area contributed by atoms with Crippen LogP contribution < -0.4 is 5.32 Å². The van der Waals surface area contributed by atoms with Crippen LogP contribution in [0.3, 0.4) is 0 Å². The summed E-state index contributed by atoms with van der Waals surface area (Å²) in [6.45, 7) is 10.5. The molecule has 0 aromatic carbocycles. The van der Waals surface area contributed by atoms with Gasteiger partial charge in [0.05, 0.1) is 10.6 Å². The number of halogens is 1. The lowest BCUT2D eigenvalue weighted by atomic mass is 10.0. The summed E-state index contributed by atoms with van der Waals surface area (Å²) in [4.78, 5) is 16.3. The first-order chi connectivity index (χ1) is 8.18. The van der Waals surface area contributed by atoms with Crippen molar-refractivity contribution in [1.82, 2.24) is 10.3 Å².